The molecule has 1 aromatic carbocycles. The average molecular weight is 293 g/mol. The number of carbonyl (C=O) groups is 2. The van der Waals surface area contributed by atoms with E-state index in [2.05, 4.69) is 10.6 Å². The van der Waals surface area contributed by atoms with Gasteiger partial charge in [-0.2, -0.15) is 0 Å². The zero-order valence-electron chi connectivity index (χ0n) is 12.3. The van der Waals surface area contributed by atoms with Gasteiger partial charge in [0.1, 0.15) is 0 Å². The van der Waals surface area contributed by atoms with Crippen LogP contribution in [0, 0.1) is 5.92 Å². The maximum atomic E-state index is 11.9. The number of urea groups is 1. The summed E-state index contributed by atoms with van der Waals surface area (Å²) in [6.45, 7) is 3.08. The van der Waals surface area contributed by atoms with Gasteiger partial charge in [-0.15, -0.1) is 0 Å². The van der Waals surface area contributed by atoms with E-state index >= 15 is 0 Å². The predicted molar refractivity (Wildman–Crippen MR) is 80.7 cm³/mol. The molecule has 0 aromatic heterocycles. The lowest BCUT2D eigenvalue weighted by molar-refractivity contribution is 0.0952. The summed E-state index contributed by atoms with van der Waals surface area (Å²) in [4.78, 5) is 22.5. The molecule has 0 spiro atoms. The molecule has 0 aliphatic heterocycles. The van der Waals surface area contributed by atoms with Crippen LogP contribution < -0.4 is 16.4 Å². The van der Waals surface area contributed by atoms with Gasteiger partial charge in [0.05, 0.1) is 0 Å². The van der Waals surface area contributed by atoms with Crippen LogP contribution >= 0.6 is 0 Å². The molecule has 1 rings (SSSR count). The van der Waals surface area contributed by atoms with E-state index in [0.717, 1.165) is 18.4 Å². The van der Waals surface area contributed by atoms with Crippen LogP contribution in [0.5, 0.6) is 0 Å². The number of nitrogens with one attached hydrogen (secondary N) is 2. The quantitative estimate of drug-likeness (QED) is 0.537. The summed E-state index contributed by atoms with van der Waals surface area (Å²) in [6.07, 6.45) is 1.72. The molecule has 21 heavy (non-hydrogen) atoms. The molecule has 0 bridgehead atoms. The van der Waals surface area contributed by atoms with Crippen LogP contribution in [0.25, 0.3) is 0 Å². The minimum Gasteiger partial charge on any atom is -0.396 e. The van der Waals surface area contributed by atoms with E-state index < -0.39 is 6.03 Å². The normalized spacial score (nSPS) is 11.7. The number of hydrogen-bond acceptors (Lipinski definition) is 3. The van der Waals surface area contributed by atoms with Crippen LogP contribution in [0.15, 0.2) is 24.3 Å². The number of rotatable bonds is 8. The van der Waals surface area contributed by atoms with Gasteiger partial charge in [0.25, 0.3) is 5.91 Å². The third-order valence-electron chi connectivity index (χ3n) is 3.15. The van der Waals surface area contributed by atoms with Crippen LogP contribution in [-0.4, -0.2) is 30.2 Å². The van der Waals surface area contributed by atoms with Gasteiger partial charge in [-0.25, -0.2) is 4.79 Å². The summed E-state index contributed by atoms with van der Waals surface area (Å²) in [5.41, 5.74) is 6.44. The number of benzene rings is 1. The van der Waals surface area contributed by atoms with E-state index in [1.54, 1.807) is 24.3 Å². The number of primary amides is 1. The van der Waals surface area contributed by atoms with Gasteiger partial charge in [0.2, 0.25) is 0 Å². The van der Waals surface area contributed by atoms with Gasteiger partial charge < -0.3 is 21.5 Å². The Morgan fingerprint density at radius 1 is 1.24 bits per heavy atom. The fraction of sp³-hybridized carbons (Fsp3) is 0.467. The number of nitrogens with two attached hydrogens (primary N) is 1. The highest BCUT2D eigenvalue weighted by atomic mass is 16.3. The van der Waals surface area contributed by atoms with Crippen molar-refractivity contribution in [3.63, 3.8) is 0 Å². The molecule has 1 atom stereocenters. The largest absolute Gasteiger partial charge is 0.396 e. The number of aliphatic hydroxyl groups is 1. The first-order valence-electron chi connectivity index (χ1n) is 7.04. The summed E-state index contributed by atoms with van der Waals surface area (Å²) < 4.78 is 0. The van der Waals surface area contributed by atoms with Gasteiger partial charge in [-0.1, -0.05) is 19.1 Å². The lowest BCUT2D eigenvalue weighted by Crippen LogP contribution is -2.28. The molecule has 5 N–H and O–H groups in total. The summed E-state index contributed by atoms with van der Waals surface area (Å²) in [6, 6.07) is 6.40. The first kappa shape index (κ1) is 17.0. The van der Waals surface area contributed by atoms with Crippen LogP contribution in [0.4, 0.5) is 4.79 Å². The van der Waals surface area contributed by atoms with Gasteiger partial charge >= 0.3 is 6.03 Å². The highest BCUT2D eigenvalue weighted by Crippen LogP contribution is 2.05. The van der Waals surface area contributed by atoms with Crippen molar-refractivity contribution < 1.29 is 14.7 Å². The molecule has 6 heteroatoms. The molecule has 1 aromatic rings. The van der Waals surface area contributed by atoms with Crippen molar-refractivity contribution in [1.29, 1.82) is 0 Å². The zero-order chi connectivity index (χ0) is 15.7. The summed E-state index contributed by atoms with van der Waals surface area (Å²) >= 11 is 0. The molecule has 1 unspecified atom stereocenters. The molecule has 0 aliphatic rings. The zero-order valence-corrected chi connectivity index (χ0v) is 12.3. The van der Waals surface area contributed by atoms with Gasteiger partial charge in [0.15, 0.2) is 0 Å². The fourth-order valence-electron chi connectivity index (χ4n) is 1.81. The Bertz CT molecular complexity index is 460. The number of hydrogen-bond donors (Lipinski definition) is 4. The van der Waals surface area contributed by atoms with E-state index in [-0.39, 0.29) is 18.4 Å². The molecular weight excluding hydrogens is 270 g/mol. The molecular formula is C15H23N3O3. The van der Waals surface area contributed by atoms with Crippen molar-refractivity contribution in [3.8, 4) is 0 Å². The first-order chi connectivity index (χ1) is 10.0. The Morgan fingerprint density at radius 3 is 2.48 bits per heavy atom. The first-order valence-corrected chi connectivity index (χ1v) is 7.04. The molecule has 0 fully saturated rings. The van der Waals surface area contributed by atoms with Gasteiger partial charge in [-0.3, -0.25) is 4.79 Å². The number of aliphatic hydroxyl groups excluding tert-OH is 1. The summed E-state index contributed by atoms with van der Waals surface area (Å²) in [5, 5.41) is 14.2. The molecule has 0 saturated heterocycles. The van der Waals surface area contributed by atoms with Crippen LogP contribution in [0.1, 0.15) is 35.7 Å². The number of carbonyl (C=O) groups excluding carboxylic acids is 2. The highest BCUT2D eigenvalue weighted by molar-refractivity contribution is 5.94. The smallest absolute Gasteiger partial charge is 0.312 e. The van der Waals surface area contributed by atoms with Crippen LogP contribution in [0.3, 0.4) is 0 Å². The van der Waals surface area contributed by atoms with E-state index in [9.17, 15) is 9.59 Å². The second-order valence-electron chi connectivity index (χ2n) is 5.10. The van der Waals surface area contributed by atoms with Crippen molar-refractivity contribution in [2.24, 2.45) is 11.7 Å². The lowest BCUT2D eigenvalue weighted by atomic mass is 10.1. The Kier molecular flexibility index (Phi) is 7.25. The monoisotopic (exact) mass is 293 g/mol. The third-order valence-corrected chi connectivity index (χ3v) is 3.15. The van der Waals surface area contributed by atoms with Crippen molar-refractivity contribution in [2.45, 2.75) is 26.3 Å². The Morgan fingerprint density at radius 2 is 1.90 bits per heavy atom. The minimum atomic E-state index is -0.575. The molecule has 0 saturated carbocycles. The fourth-order valence-corrected chi connectivity index (χ4v) is 1.81. The van der Waals surface area contributed by atoms with Gasteiger partial charge in [-0.05, 0) is 36.5 Å². The predicted octanol–water partition coefficient (Wildman–Crippen LogP) is 0.993. The molecule has 3 amide bonds. The van der Waals surface area contributed by atoms with Gasteiger partial charge in [0, 0.05) is 25.3 Å². The summed E-state index contributed by atoms with van der Waals surface area (Å²) in [5.74, 6) is 0.139. The lowest BCUT2D eigenvalue weighted by Gasteiger charge is -2.09. The van der Waals surface area contributed by atoms with Crippen LogP contribution in [0.2, 0.25) is 0 Å². The second kappa shape index (κ2) is 8.97. The van der Waals surface area contributed by atoms with E-state index in [0.29, 0.717) is 18.7 Å². The highest BCUT2D eigenvalue weighted by Gasteiger charge is 2.05. The number of amides is 3. The molecule has 6 nitrogen and oxygen atoms in total. The Hall–Kier alpha value is -2.08. The SMILES string of the molecule is CC(CO)CCCNC(=O)c1ccc(CNC(N)=O)cc1. The van der Waals surface area contributed by atoms with Crippen LogP contribution in [-0.2, 0) is 6.54 Å². The third kappa shape index (κ3) is 6.76. The Labute approximate surface area is 124 Å². The standard InChI is InChI=1S/C15H23N3O3/c1-11(10-19)3-2-8-17-14(20)13-6-4-12(5-7-13)9-18-15(16)21/h4-7,11,19H,2-3,8-10H2,1H3,(H,17,20)(H3,16,18,21). The van der Waals surface area contributed by atoms with Crippen molar-refractivity contribution in [2.75, 3.05) is 13.2 Å². The van der Waals surface area contributed by atoms with E-state index in [4.69, 9.17) is 10.8 Å². The van der Waals surface area contributed by atoms with E-state index in [1.165, 1.54) is 0 Å². The topological polar surface area (TPSA) is 104 Å². The second-order valence-corrected chi connectivity index (χ2v) is 5.10. The minimum absolute atomic E-state index is 0.124. The molecule has 0 radical (unpaired) electrons. The Balaban J connectivity index is 2.35. The van der Waals surface area contributed by atoms with E-state index in [1.807, 2.05) is 6.92 Å². The average Bonchev–Trinajstić information content (AvgIpc) is 2.49. The maximum Gasteiger partial charge on any atom is 0.312 e. The van der Waals surface area contributed by atoms with Crippen molar-refractivity contribution >= 4 is 11.9 Å². The summed E-state index contributed by atoms with van der Waals surface area (Å²) in [7, 11) is 0. The molecule has 116 valence electrons. The molecule has 0 aliphatic carbocycles. The maximum absolute atomic E-state index is 11.9. The van der Waals surface area contributed by atoms with Crippen molar-refractivity contribution in [3.05, 3.63) is 35.4 Å². The molecule has 0 heterocycles. The van der Waals surface area contributed by atoms with Crippen molar-refractivity contribution in [1.82, 2.24) is 10.6 Å².